The maximum absolute atomic E-state index is 9.28. The molecule has 2 heterocycles. The fourth-order valence-electron chi connectivity index (χ4n) is 2.80. The molecule has 2 atom stereocenters. The number of morpholine rings is 1. The van der Waals surface area contributed by atoms with Gasteiger partial charge in [-0.25, -0.2) is 0 Å². The minimum absolute atomic E-state index is 0.0429. The van der Waals surface area contributed by atoms with Crippen molar-refractivity contribution in [1.82, 2.24) is 4.90 Å². The van der Waals surface area contributed by atoms with Gasteiger partial charge in [0.1, 0.15) is 5.75 Å². The normalized spacial score (nSPS) is 26.2. The SMILES string of the molecule is CC1COC(CO)CN1Cc1cc(Cl)cc2c1OCOC2. The number of aliphatic hydroxyl groups is 1. The predicted molar refractivity (Wildman–Crippen MR) is 78.4 cm³/mol. The molecule has 1 aromatic carbocycles. The molecule has 2 aliphatic rings. The average Bonchev–Trinajstić information content (AvgIpc) is 2.49. The molecule has 0 saturated carbocycles. The van der Waals surface area contributed by atoms with E-state index in [0.29, 0.717) is 30.8 Å². The summed E-state index contributed by atoms with van der Waals surface area (Å²) in [4.78, 5) is 2.29. The van der Waals surface area contributed by atoms with E-state index >= 15 is 0 Å². The third-order valence-electron chi connectivity index (χ3n) is 3.96. The van der Waals surface area contributed by atoms with Gasteiger partial charge in [0.05, 0.1) is 25.9 Å². The van der Waals surface area contributed by atoms with Gasteiger partial charge in [0.25, 0.3) is 0 Å². The van der Waals surface area contributed by atoms with Crippen LogP contribution in [0.15, 0.2) is 12.1 Å². The average molecular weight is 314 g/mol. The molecule has 1 N–H and O–H groups in total. The number of benzene rings is 1. The number of nitrogens with zero attached hydrogens (tertiary/aromatic N) is 1. The Morgan fingerprint density at radius 1 is 1.43 bits per heavy atom. The van der Waals surface area contributed by atoms with Gasteiger partial charge < -0.3 is 19.3 Å². The summed E-state index contributed by atoms with van der Waals surface area (Å²) in [6.45, 7) is 5.02. The van der Waals surface area contributed by atoms with E-state index in [1.165, 1.54) is 0 Å². The van der Waals surface area contributed by atoms with Crippen molar-refractivity contribution in [2.24, 2.45) is 0 Å². The van der Waals surface area contributed by atoms with Crippen LogP contribution in [0.2, 0.25) is 5.02 Å². The zero-order valence-electron chi connectivity index (χ0n) is 12.0. The van der Waals surface area contributed by atoms with Crippen LogP contribution in [-0.4, -0.2) is 48.7 Å². The molecule has 0 aromatic heterocycles. The molecule has 0 radical (unpaired) electrons. The lowest BCUT2D eigenvalue weighted by atomic mass is 10.1. The molecule has 6 heteroatoms. The summed E-state index contributed by atoms with van der Waals surface area (Å²) in [7, 11) is 0. The van der Waals surface area contributed by atoms with Crippen molar-refractivity contribution in [3.63, 3.8) is 0 Å². The van der Waals surface area contributed by atoms with E-state index in [2.05, 4.69) is 11.8 Å². The standard InChI is InChI=1S/C15H20ClNO4/c1-10-7-20-14(6-18)5-17(10)4-11-2-13(16)3-12-8-19-9-21-15(11)12/h2-3,10,14,18H,4-9H2,1H3. The minimum atomic E-state index is -0.125. The summed E-state index contributed by atoms with van der Waals surface area (Å²) in [6, 6.07) is 4.13. The summed E-state index contributed by atoms with van der Waals surface area (Å²) in [5, 5.41) is 9.98. The summed E-state index contributed by atoms with van der Waals surface area (Å²) in [5.41, 5.74) is 2.05. The number of rotatable bonds is 3. The number of fused-ring (bicyclic) bond motifs is 1. The molecule has 0 bridgehead atoms. The van der Waals surface area contributed by atoms with Crippen molar-refractivity contribution in [3.8, 4) is 5.75 Å². The van der Waals surface area contributed by atoms with Gasteiger partial charge in [-0.3, -0.25) is 4.90 Å². The maximum atomic E-state index is 9.28. The van der Waals surface area contributed by atoms with Crippen molar-refractivity contribution in [1.29, 1.82) is 0 Å². The molecule has 1 fully saturated rings. The third kappa shape index (κ3) is 3.33. The quantitative estimate of drug-likeness (QED) is 0.922. The monoisotopic (exact) mass is 313 g/mol. The van der Waals surface area contributed by atoms with Crippen LogP contribution in [0.3, 0.4) is 0 Å². The van der Waals surface area contributed by atoms with E-state index in [0.717, 1.165) is 23.4 Å². The number of aliphatic hydroxyl groups excluding tert-OH is 1. The Morgan fingerprint density at radius 3 is 3.10 bits per heavy atom. The highest BCUT2D eigenvalue weighted by molar-refractivity contribution is 6.30. The highest BCUT2D eigenvalue weighted by Crippen LogP contribution is 2.33. The highest BCUT2D eigenvalue weighted by atomic mass is 35.5. The van der Waals surface area contributed by atoms with Gasteiger partial charge in [-0.05, 0) is 19.1 Å². The molecule has 116 valence electrons. The van der Waals surface area contributed by atoms with Gasteiger partial charge in [0.2, 0.25) is 0 Å². The summed E-state index contributed by atoms with van der Waals surface area (Å²) >= 11 is 6.20. The lowest BCUT2D eigenvalue weighted by Crippen LogP contribution is -2.48. The van der Waals surface area contributed by atoms with Crippen LogP contribution in [0.25, 0.3) is 0 Å². The molecule has 2 unspecified atom stereocenters. The van der Waals surface area contributed by atoms with Crippen molar-refractivity contribution < 1.29 is 19.3 Å². The first-order valence-electron chi connectivity index (χ1n) is 7.15. The molecule has 1 saturated heterocycles. The Labute approximate surface area is 129 Å². The number of hydrogen-bond acceptors (Lipinski definition) is 5. The fraction of sp³-hybridized carbons (Fsp3) is 0.600. The largest absolute Gasteiger partial charge is 0.467 e. The van der Waals surface area contributed by atoms with Gasteiger partial charge in [-0.15, -0.1) is 0 Å². The molecular formula is C15H20ClNO4. The number of hydrogen-bond donors (Lipinski definition) is 1. The Morgan fingerprint density at radius 2 is 2.29 bits per heavy atom. The second-order valence-corrected chi connectivity index (χ2v) is 6.02. The van der Waals surface area contributed by atoms with E-state index in [1.54, 1.807) is 0 Å². The van der Waals surface area contributed by atoms with Gasteiger partial charge in [0.15, 0.2) is 6.79 Å². The van der Waals surface area contributed by atoms with Gasteiger partial charge in [0, 0.05) is 35.3 Å². The van der Waals surface area contributed by atoms with Crippen LogP contribution < -0.4 is 4.74 Å². The first-order chi connectivity index (χ1) is 10.2. The molecule has 21 heavy (non-hydrogen) atoms. The molecule has 3 rings (SSSR count). The van der Waals surface area contributed by atoms with Crippen LogP contribution in [0.1, 0.15) is 18.1 Å². The molecule has 0 amide bonds. The lowest BCUT2D eigenvalue weighted by molar-refractivity contribution is -0.0811. The molecule has 5 nitrogen and oxygen atoms in total. The van der Waals surface area contributed by atoms with E-state index in [4.69, 9.17) is 25.8 Å². The second-order valence-electron chi connectivity index (χ2n) is 5.58. The highest BCUT2D eigenvalue weighted by Gasteiger charge is 2.27. The summed E-state index contributed by atoms with van der Waals surface area (Å²) in [5.74, 6) is 0.880. The predicted octanol–water partition coefficient (Wildman–Crippen LogP) is 1.79. The smallest absolute Gasteiger partial charge is 0.189 e. The van der Waals surface area contributed by atoms with E-state index < -0.39 is 0 Å². The van der Waals surface area contributed by atoms with E-state index in [-0.39, 0.29) is 19.5 Å². The minimum Gasteiger partial charge on any atom is -0.467 e. The topological polar surface area (TPSA) is 51.2 Å². The Balaban J connectivity index is 1.82. The zero-order chi connectivity index (χ0) is 14.8. The fourth-order valence-corrected chi connectivity index (χ4v) is 3.06. The van der Waals surface area contributed by atoms with E-state index in [9.17, 15) is 5.11 Å². The van der Waals surface area contributed by atoms with Crippen LogP contribution >= 0.6 is 11.6 Å². The Kier molecular flexibility index (Phi) is 4.66. The number of ether oxygens (including phenoxy) is 3. The Bertz CT molecular complexity index is 511. The van der Waals surface area contributed by atoms with Crippen LogP contribution in [0.5, 0.6) is 5.75 Å². The molecule has 1 aromatic rings. The van der Waals surface area contributed by atoms with Crippen molar-refractivity contribution in [2.75, 3.05) is 26.6 Å². The Hall–Kier alpha value is -0.850. The lowest BCUT2D eigenvalue weighted by Gasteiger charge is -2.38. The maximum Gasteiger partial charge on any atom is 0.189 e. The first kappa shape index (κ1) is 15.1. The van der Waals surface area contributed by atoms with Gasteiger partial charge in [-0.1, -0.05) is 11.6 Å². The first-order valence-corrected chi connectivity index (χ1v) is 7.53. The zero-order valence-corrected chi connectivity index (χ0v) is 12.8. The summed E-state index contributed by atoms with van der Waals surface area (Å²) in [6.07, 6.45) is -0.125. The van der Waals surface area contributed by atoms with Crippen LogP contribution in [0.4, 0.5) is 0 Å². The third-order valence-corrected chi connectivity index (χ3v) is 4.18. The van der Waals surface area contributed by atoms with E-state index in [1.807, 2.05) is 12.1 Å². The second kappa shape index (κ2) is 6.50. The molecule has 0 aliphatic carbocycles. The van der Waals surface area contributed by atoms with Gasteiger partial charge >= 0.3 is 0 Å². The number of halogens is 1. The van der Waals surface area contributed by atoms with Gasteiger partial charge in [-0.2, -0.15) is 0 Å². The summed E-state index contributed by atoms with van der Waals surface area (Å²) < 4.78 is 16.5. The molecule has 0 spiro atoms. The van der Waals surface area contributed by atoms with Crippen molar-refractivity contribution >= 4 is 11.6 Å². The molecule has 2 aliphatic heterocycles. The van der Waals surface area contributed by atoms with Crippen molar-refractivity contribution in [3.05, 3.63) is 28.3 Å². The molecular weight excluding hydrogens is 294 g/mol. The van der Waals surface area contributed by atoms with Crippen LogP contribution in [-0.2, 0) is 22.6 Å². The van der Waals surface area contributed by atoms with Crippen LogP contribution in [0, 0.1) is 0 Å². The van der Waals surface area contributed by atoms with Crippen molar-refractivity contribution in [2.45, 2.75) is 32.2 Å².